The molecule has 1 fully saturated rings. The molecule has 0 aromatic carbocycles. The van der Waals surface area contributed by atoms with E-state index in [9.17, 15) is 14.4 Å². The van der Waals surface area contributed by atoms with Crippen molar-refractivity contribution in [2.24, 2.45) is 5.92 Å². The summed E-state index contributed by atoms with van der Waals surface area (Å²) in [5.41, 5.74) is 1.56. The number of hydrogen-bond acceptors (Lipinski definition) is 5. The van der Waals surface area contributed by atoms with Crippen LogP contribution in [0.15, 0.2) is 0 Å². The van der Waals surface area contributed by atoms with Crippen molar-refractivity contribution in [1.29, 1.82) is 0 Å². The maximum absolute atomic E-state index is 12.5. The van der Waals surface area contributed by atoms with E-state index in [-0.39, 0.29) is 24.3 Å². The van der Waals surface area contributed by atoms with Crippen molar-refractivity contribution in [3.63, 3.8) is 0 Å². The van der Waals surface area contributed by atoms with Crippen molar-refractivity contribution in [3.05, 3.63) is 16.0 Å². The summed E-state index contributed by atoms with van der Waals surface area (Å²) in [5, 5.41) is 6.26. The molecule has 142 valence electrons. The number of hydrogen-bond donors (Lipinski definition) is 3. The van der Waals surface area contributed by atoms with Gasteiger partial charge in [-0.2, -0.15) is 0 Å². The normalized spacial score (nSPS) is 22.3. The molecule has 1 aromatic rings. The Morgan fingerprint density at radius 2 is 2.23 bits per heavy atom. The van der Waals surface area contributed by atoms with Gasteiger partial charge >= 0.3 is 5.97 Å². The Labute approximate surface area is 157 Å². The molecule has 0 saturated carbocycles. The number of ether oxygens (including phenoxy) is 1. The number of amides is 2. The summed E-state index contributed by atoms with van der Waals surface area (Å²) in [6.45, 7) is 6.12. The topological polar surface area (TPSA) is 88.9 Å². The number of carbonyl (C=O) groups is 3. The average molecular weight is 380 g/mol. The Bertz CT molecular complexity index is 716. The van der Waals surface area contributed by atoms with Crippen LogP contribution in [0.3, 0.4) is 0 Å². The minimum Gasteiger partial charge on any atom is -0.462 e. The Hall–Kier alpha value is -1.93. The van der Waals surface area contributed by atoms with E-state index in [4.69, 9.17) is 4.74 Å². The summed E-state index contributed by atoms with van der Waals surface area (Å²) in [6, 6.07) is 0. The van der Waals surface area contributed by atoms with Gasteiger partial charge in [0, 0.05) is 4.88 Å². The van der Waals surface area contributed by atoms with E-state index in [2.05, 4.69) is 17.6 Å². The molecule has 1 saturated heterocycles. The second kappa shape index (κ2) is 8.18. The second-order valence-electron chi connectivity index (χ2n) is 7.03. The van der Waals surface area contributed by atoms with E-state index < -0.39 is 0 Å². The van der Waals surface area contributed by atoms with Gasteiger partial charge in [-0.05, 0) is 37.7 Å². The lowest BCUT2D eigenvalue weighted by Crippen LogP contribution is -3.16. The Morgan fingerprint density at radius 3 is 2.96 bits per heavy atom. The fraction of sp³-hybridized carbons (Fsp3) is 0.611. The van der Waals surface area contributed by atoms with Crippen molar-refractivity contribution in [2.75, 3.05) is 38.1 Å². The minimum absolute atomic E-state index is 0.0353. The van der Waals surface area contributed by atoms with E-state index in [0.717, 1.165) is 36.3 Å². The predicted octanol–water partition coefficient (Wildman–Crippen LogP) is 0.00280. The number of anilines is 1. The molecular weight excluding hydrogens is 354 g/mol. The van der Waals surface area contributed by atoms with Gasteiger partial charge in [0.2, 0.25) is 0 Å². The van der Waals surface area contributed by atoms with Crippen molar-refractivity contribution in [3.8, 4) is 0 Å². The monoisotopic (exact) mass is 380 g/mol. The fourth-order valence-electron chi connectivity index (χ4n) is 3.56. The highest BCUT2D eigenvalue weighted by molar-refractivity contribution is 7.17. The van der Waals surface area contributed by atoms with E-state index >= 15 is 0 Å². The van der Waals surface area contributed by atoms with Crippen molar-refractivity contribution >= 4 is 34.1 Å². The van der Waals surface area contributed by atoms with Crippen LogP contribution in [0.2, 0.25) is 0 Å². The Kier molecular flexibility index (Phi) is 5.93. The zero-order valence-corrected chi connectivity index (χ0v) is 16.1. The quantitative estimate of drug-likeness (QED) is 0.628. The van der Waals surface area contributed by atoms with Crippen LogP contribution < -0.4 is 15.5 Å². The van der Waals surface area contributed by atoms with Crippen LogP contribution in [0.25, 0.3) is 0 Å². The largest absolute Gasteiger partial charge is 0.462 e. The van der Waals surface area contributed by atoms with Gasteiger partial charge < -0.3 is 20.3 Å². The molecule has 1 aromatic heterocycles. The highest BCUT2D eigenvalue weighted by atomic mass is 32.1. The zero-order valence-electron chi connectivity index (χ0n) is 15.3. The van der Waals surface area contributed by atoms with Gasteiger partial charge in [-0.15, -0.1) is 11.3 Å². The van der Waals surface area contributed by atoms with E-state index in [0.29, 0.717) is 36.2 Å². The second-order valence-corrected chi connectivity index (χ2v) is 8.13. The molecule has 26 heavy (non-hydrogen) atoms. The number of thiophene rings is 1. The average Bonchev–Trinajstić information content (AvgIpc) is 2.91. The third-order valence-electron chi connectivity index (χ3n) is 4.87. The Morgan fingerprint density at radius 1 is 1.42 bits per heavy atom. The lowest BCUT2D eigenvalue weighted by atomic mass is 9.88. The van der Waals surface area contributed by atoms with Crippen LogP contribution in [-0.2, 0) is 27.2 Å². The number of piperazine rings is 1. The minimum atomic E-state index is -0.362. The molecule has 2 aliphatic rings. The lowest BCUT2D eigenvalue weighted by Gasteiger charge is -2.22. The third kappa shape index (κ3) is 4.24. The zero-order chi connectivity index (χ0) is 18.7. The van der Waals surface area contributed by atoms with Crippen molar-refractivity contribution in [2.45, 2.75) is 33.1 Å². The molecule has 3 N–H and O–H groups in total. The summed E-state index contributed by atoms with van der Waals surface area (Å²) >= 11 is 1.49. The molecule has 0 bridgehead atoms. The van der Waals surface area contributed by atoms with Crippen molar-refractivity contribution < 1.29 is 24.0 Å². The van der Waals surface area contributed by atoms with Gasteiger partial charge in [0.15, 0.2) is 13.1 Å². The van der Waals surface area contributed by atoms with E-state index in [1.807, 2.05) is 0 Å². The number of rotatable bonds is 5. The highest BCUT2D eigenvalue weighted by Gasteiger charge is 2.30. The molecule has 1 unspecified atom stereocenters. The summed E-state index contributed by atoms with van der Waals surface area (Å²) < 4.78 is 5.22. The van der Waals surface area contributed by atoms with Gasteiger partial charge in [0.25, 0.3) is 11.8 Å². The van der Waals surface area contributed by atoms with Crippen LogP contribution in [0, 0.1) is 5.92 Å². The van der Waals surface area contributed by atoms with Crippen molar-refractivity contribution in [1.82, 2.24) is 5.32 Å². The smallest absolute Gasteiger partial charge is 0.341 e. The molecule has 2 heterocycles. The molecule has 7 nitrogen and oxygen atoms in total. The standard InChI is InChI=1S/C18H25N3O4S/c1-3-25-18(24)16-12-5-4-11(2)8-13(12)26-17(16)20-15(23)10-21-7-6-19-14(22)9-21/h11H,3-10H2,1-2H3,(H,19,22)(H,20,23)/p+1/t11-/m1/s1. The first kappa shape index (κ1) is 18.8. The number of fused-ring (bicyclic) bond motifs is 1. The summed E-state index contributed by atoms with van der Waals surface area (Å²) in [7, 11) is 0. The lowest BCUT2D eigenvalue weighted by molar-refractivity contribution is -0.885. The summed E-state index contributed by atoms with van der Waals surface area (Å²) in [5.74, 6) is 0.00864. The van der Waals surface area contributed by atoms with Gasteiger partial charge in [0.05, 0.1) is 25.3 Å². The molecule has 3 rings (SSSR count). The maximum Gasteiger partial charge on any atom is 0.341 e. The van der Waals surface area contributed by atoms with Crippen LogP contribution >= 0.6 is 11.3 Å². The molecule has 0 radical (unpaired) electrons. The van der Waals surface area contributed by atoms with Gasteiger partial charge in [-0.25, -0.2) is 4.79 Å². The Balaban J connectivity index is 1.76. The fourth-order valence-corrected chi connectivity index (χ4v) is 4.98. The molecule has 1 aliphatic carbocycles. The number of carbonyl (C=O) groups excluding carboxylic acids is 3. The number of esters is 1. The van der Waals surface area contributed by atoms with Crippen LogP contribution in [-0.4, -0.2) is 50.6 Å². The third-order valence-corrected chi connectivity index (χ3v) is 6.04. The van der Waals surface area contributed by atoms with Crippen LogP contribution in [0.4, 0.5) is 5.00 Å². The first-order chi connectivity index (χ1) is 12.5. The molecule has 2 amide bonds. The van der Waals surface area contributed by atoms with E-state index in [1.54, 1.807) is 6.92 Å². The summed E-state index contributed by atoms with van der Waals surface area (Å²) in [4.78, 5) is 38.5. The summed E-state index contributed by atoms with van der Waals surface area (Å²) in [6.07, 6.45) is 2.81. The molecule has 2 atom stereocenters. The van der Waals surface area contributed by atoms with Gasteiger partial charge in [-0.3, -0.25) is 9.59 Å². The van der Waals surface area contributed by atoms with Crippen LogP contribution in [0.5, 0.6) is 0 Å². The molecule has 8 heteroatoms. The predicted molar refractivity (Wildman–Crippen MR) is 98.7 cm³/mol. The SMILES string of the molecule is CCOC(=O)c1c(NC(=O)C[NH+]2CCNC(=O)C2)sc2c1CC[C@@H](C)C2. The first-order valence-corrected chi connectivity index (χ1v) is 10.0. The molecule has 0 spiro atoms. The van der Waals surface area contributed by atoms with Crippen LogP contribution in [0.1, 0.15) is 41.1 Å². The van der Waals surface area contributed by atoms with Gasteiger partial charge in [0.1, 0.15) is 5.00 Å². The highest BCUT2D eigenvalue weighted by Crippen LogP contribution is 2.40. The first-order valence-electron chi connectivity index (χ1n) is 9.19. The number of quaternary nitrogens is 1. The van der Waals surface area contributed by atoms with Gasteiger partial charge in [-0.1, -0.05) is 6.92 Å². The molecular formula is C18H26N3O4S+. The maximum atomic E-state index is 12.5. The molecule has 1 aliphatic heterocycles. The number of nitrogens with one attached hydrogen (secondary N) is 3. The van der Waals surface area contributed by atoms with E-state index in [1.165, 1.54) is 16.2 Å².